The van der Waals surface area contributed by atoms with Crippen molar-refractivity contribution in [2.45, 2.75) is 5.92 Å². The maximum atomic E-state index is 13.3. The predicted molar refractivity (Wildman–Crippen MR) is 119 cm³/mol. The van der Waals surface area contributed by atoms with E-state index in [9.17, 15) is 9.59 Å². The molecular weight excluding hydrogens is 388 g/mol. The summed E-state index contributed by atoms with van der Waals surface area (Å²) in [5.41, 5.74) is 1.94. The summed E-state index contributed by atoms with van der Waals surface area (Å²) >= 11 is 0. The highest BCUT2D eigenvalue weighted by molar-refractivity contribution is 6.09. The third kappa shape index (κ3) is 4.87. The second-order valence-electron chi connectivity index (χ2n) is 6.88. The third-order valence-corrected chi connectivity index (χ3v) is 4.81. The molecule has 4 heteroatoms. The molecule has 4 aromatic rings. The van der Waals surface area contributed by atoms with Crippen LogP contribution < -0.4 is 4.74 Å². The fourth-order valence-corrected chi connectivity index (χ4v) is 3.32. The lowest BCUT2D eigenvalue weighted by Crippen LogP contribution is -2.21. The Bertz CT molecular complexity index is 1140. The summed E-state index contributed by atoms with van der Waals surface area (Å²) in [4.78, 5) is 26.0. The number of carbonyl (C=O) groups is 2. The van der Waals surface area contributed by atoms with Crippen LogP contribution in [0.2, 0.25) is 0 Å². The fraction of sp³-hybridized carbons (Fsp3) is 0.0370. The van der Waals surface area contributed by atoms with Crippen LogP contribution in [0.4, 0.5) is 0 Å². The number of furan rings is 1. The number of hydrogen-bond acceptors (Lipinski definition) is 4. The first-order valence-corrected chi connectivity index (χ1v) is 9.89. The fourth-order valence-electron chi connectivity index (χ4n) is 3.32. The molecule has 0 N–H and O–H groups in total. The van der Waals surface area contributed by atoms with E-state index in [4.69, 9.17) is 9.15 Å². The molecule has 0 saturated heterocycles. The van der Waals surface area contributed by atoms with Crippen molar-refractivity contribution in [3.8, 4) is 5.75 Å². The number of carbonyl (C=O) groups excluding carboxylic acids is 2. The zero-order valence-corrected chi connectivity index (χ0v) is 16.7. The van der Waals surface area contributed by atoms with Gasteiger partial charge in [-0.2, -0.15) is 0 Å². The summed E-state index contributed by atoms with van der Waals surface area (Å²) in [6.45, 7) is 0. The number of rotatable bonds is 7. The molecule has 0 saturated carbocycles. The second kappa shape index (κ2) is 9.55. The van der Waals surface area contributed by atoms with Crippen LogP contribution in [0.1, 0.15) is 33.2 Å². The maximum absolute atomic E-state index is 13.3. The number of benzene rings is 3. The Morgan fingerprint density at radius 2 is 1.35 bits per heavy atom. The Kier molecular flexibility index (Phi) is 6.19. The van der Waals surface area contributed by atoms with Gasteiger partial charge in [-0.25, -0.2) is 0 Å². The molecule has 0 bridgehead atoms. The van der Waals surface area contributed by atoms with Gasteiger partial charge in [-0.05, 0) is 47.5 Å². The Morgan fingerprint density at radius 3 is 1.97 bits per heavy atom. The van der Waals surface area contributed by atoms with Gasteiger partial charge in [0.05, 0.1) is 11.8 Å². The van der Waals surface area contributed by atoms with Gasteiger partial charge in [-0.15, -0.1) is 0 Å². The Balaban J connectivity index is 1.62. The number of hydrogen-bond donors (Lipinski definition) is 0. The van der Waals surface area contributed by atoms with Gasteiger partial charge >= 0.3 is 5.97 Å². The Hall–Kier alpha value is -4.18. The molecule has 3 aromatic carbocycles. The van der Waals surface area contributed by atoms with Crippen LogP contribution in [0.3, 0.4) is 0 Å². The van der Waals surface area contributed by atoms with Crippen LogP contribution in [-0.4, -0.2) is 11.8 Å². The molecule has 0 amide bonds. The highest BCUT2D eigenvalue weighted by Gasteiger charge is 2.26. The number of allylic oxidation sites excluding steroid dienone is 1. The van der Waals surface area contributed by atoms with Crippen molar-refractivity contribution in [1.82, 2.24) is 0 Å². The predicted octanol–water partition coefficient (Wildman–Crippen LogP) is 5.91. The van der Waals surface area contributed by atoms with Crippen molar-refractivity contribution in [3.05, 3.63) is 132 Å². The van der Waals surface area contributed by atoms with E-state index in [0.717, 1.165) is 11.1 Å². The van der Waals surface area contributed by atoms with Crippen molar-refractivity contribution in [1.29, 1.82) is 0 Å². The average molecular weight is 408 g/mol. The Labute approximate surface area is 180 Å². The molecule has 0 fully saturated rings. The minimum atomic E-state index is -0.607. The smallest absolute Gasteiger partial charge is 0.323 e. The molecule has 1 aromatic heterocycles. The van der Waals surface area contributed by atoms with E-state index in [1.807, 2.05) is 60.7 Å². The van der Waals surface area contributed by atoms with E-state index < -0.39 is 11.9 Å². The Morgan fingerprint density at radius 1 is 0.742 bits per heavy atom. The summed E-state index contributed by atoms with van der Waals surface area (Å²) < 4.78 is 11.0. The summed E-state index contributed by atoms with van der Waals surface area (Å²) in [6.07, 6.45) is 4.52. The quantitative estimate of drug-likeness (QED) is 0.165. The van der Waals surface area contributed by atoms with Gasteiger partial charge in [0.15, 0.2) is 5.78 Å². The van der Waals surface area contributed by atoms with E-state index in [-0.39, 0.29) is 11.5 Å². The molecule has 152 valence electrons. The minimum absolute atomic E-state index is 0.221. The first-order valence-electron chi connectivity index (χ1n) is 9.89. The summed E-state index contributed by atoms with van der Waals surface area (Å²) in [6, 6.07) is 29.1. The van der Waals surface area contributed by atoms with Crippen molar-refractivity contribution in [3.63, 3.8) is 0 Å². The molecular formula is C27H20O4. The normalized spacial score (nSPS) is 11.0. The van der Waals surface area contributed by atoms with Gasteiger partial charge in [-0.3, -0.25) is 9.59 Å². The van der Waals surface area contributed by atoms with Gasteiger partial charge in [0.2, 0.25) is 0 Å². The third-order valence-electron chi connectivity index (χ3n) is 4.81. The topological polar surface area (TPSA) is 56.5 Å². The number of para-hydroxylation sites is 1. The van der Waals surface area contributed by atoms with Gasteiger partial charge in [0.25, 0.3) is 0 Å². The molecule has 31 heavy (non-hydrogen) atoms. The number of ketones is 1. The molecule has 0 spiro atoms. The van der Waals surface area contributed by atoms with Gasteiger partial charge < -0.3 is 9.15 Å². The molecule has 0 unspecified atom stereocenters. The SMILES string of the molecule is O=C(/C=C/c1ccco1)c1ccccc1OC(=O)C(c1ccccc1)c1ccccc1. The summed E-state index contributed by atoms with van der Waals surface area (Å²) in [5.74, 6) is -0.554. The van der Waals surface area contributed by atoms with Crippen molar-refractivity contribution in [2.75, 3.05) is 0 Å². The largest absolute Gasteiger partial charge is 0.465 e. The van der Waals surface area contributed by atoms with Crippen LogP contribution >= 0.6 is 0 Å². The first-order chi connectivity index (χ1) is 15.2. The molecule has 4 nitrogen and oxygen atoms in total. The van der Waals surface area contributed by atoms with E-state index in [2.05, 4.69) is 0 Å². The maximum Gasteiger partial charge on any atom is 0.323 e. The van der Waals surface area contributed by atoms with Crippen LogP contribution in [0.25, 0.3) is 6.08 Å². The van der Waals surface area contributed by atoms with E-state index in [0.29, 0.717) is 11.3 Å². The van der Waals surface area contributed by atoms with Crippen LogP contribution in [-0.2, 0) is 4.79 Å². The molecule has 4 rings (SSSR count). The zero-order chi connectivity index (χ0) is 21.5. The van der Waals surface area contributed by atoms with Gasteiger partial charge in [-0.1, -0.05) is 72.8 Å². The molecule has 1 heterocycles. The lowest BCUT2D eigenvalue weighted by atomic mass is 9.91. The van der Waals surface area contributed by atoms with Crippen LogP contribution in [0.15, 0.2) is 114 Å². The highest BCUT2D eigenvalue weighted by atomic mass is 16.5. The monoisotopic (exact) mass is 408 g/mol. The lowest BCUT2D eigenvalue weighted by molar-refractivity contribution is -0.135. The lowest BCUT2D eigenvalue weighted by Gasteiger charge is -2.17. The average Bonchev–Trinajstić information content (AvgIpc) is 3.33. The first kappa shape index (κ1) is 20.1. The number of esters is 1. The van der Waals surface area contributed by atoms with E-state index in [1.54, 1.807) is 42.5 Å². The van der Waals surface area contributed by atoms with Gasteiger partial charge in [0.1, 0.15) is 17.4 Å². The molecule has 0 aliphatic heterocycles. The van der Waals surface area contributed by atoms with Crippen LogP contribution in [0, 0.1) is 0 Å². The minimum Gasteiger partial charge on any atom is -0.465 e. The van der Waals surface area contributed by atoms with E-state index >= 15 is 0 Å². The summed E-state index contributed by atoms with van der Waals surface area (Å²) in [7, 11) is 0. The van der Waals surface area contributed by atoms with Crippen molar-refractivity contribution >= 4 is 17.8 Å². The molecule has 0 radical (unpaired) electrons. The molecule has 0 atom stereocenters. The van der Waals surface area contributed by atoms with Crippen LogP contribution in [0.5, 0.6) is 5.75 Å². The zero-order valence-electron chi connectivity index (χ0n) is 16.7. The van der Waals surface area contributed by atoms with E-state index in [1.165, 1.54) is 12.3 Å². The second-order valence-corrected chi connectivity index (χ2v) is 6.88. The standard InChI is InChI=1S/C27H20O4/c28-24(18-17-22-14-9-19-30-22)23-15-7-8-16-25(23)31-27(29)26(20-10-3-1-4-11-20)21-12-5-2-6-13-21/h1-19,26H/b18-17+. The van der Waals surface area contributed by atoms with Crippen molar-refractivity contribution < 1.29 is 18.7 Å². The van der Waals surface area contributed by atoms with Gasteiger partial charge in [0, 0.05) is 0 Å². The molecule has 0 aliphatic rings. The molecule has 0 aliphatic carbocycles. The summed E-state index contributed by atoms with van der Waals surface area (Å²) in [5, 5.41) is 0. The number of ether oxygens (including phenoxy) is 1. The highest BCUT2D eigenvalue weighted by Crippen LogP contribution is 2.28. The van der Waals surface area contributed by atoms with Crippen molar-refractivity contribution in [2.24, 2.45) is 0 Å².